The van der Waals surface area contributed by atoms with E-state index in [-0.39, 0.29) is 24.3 Å². The molecule has 0 saturated heterocycles. The summed E-state index contributed by atoms with van der Waals surface area (Å²) in [6.45, 7) is 0.0122. The lowest BCUT2D eigenvalue weighted by Gasteiger charge is -2.23. The van der Waals surface area contributed by atoms with E-state index < -0.39 is 0 Å². The maximum Gasteiger partial charge on any atom is 0.246 e. The number of aromatic nitrogens is 3. The largest absolute Gasteiger partial charge is 0.497 e. The first-order valence-electron chi connectivity index (χ1n) is 7.79. The van der Waals surface area contributed by atoms with Gasteiger partial charge in [-0.25, -0.2) is 4.68 Å². The topological polar surface area (TPSA) is 98.1 Å². The first-order valence-corrected chi connectivity index (χ1v) is 7.79. The highest BCUT2D eigenvalue weighted by molar-refractivity contribution is 5.92. The minimum Gasteiger partial charge on any atom is -0.497 e. The van der Waals surface area contributed by atoms with Gasteiger partial charge in [0.25, 0.3) is 0 Å². The van der Waals surface area contributed by atoms with Crippen LogP contribution >= 0.6 is 0 Å². The number of hydrogen-bond acceptors (Lipinski definition) is 5. The van der Waals surface area contributed by atoms with Crippen molar-refractivity contribution in [2.45, 2.75) is 25.8 Å². The fourth-order valence-corrected chi connectivity index (χ4v) is 2.35. The van der Waals surface area contributed by atoms with Gasteiger partial charge in [0.15, 0.2) is 5.82 Å². The number of rotatable bonds is 6. The average molecular weight is 329 g/mol. The summed E-state index contributed by atoms with van der Waals surface area (Å²) in [7, 11) is 1.58. The number of hydrogen-bond donors (Lipinski definition) is 2. The van der Waals surface area contributed by atoms with Crippen molar-refractivity contribution in [2.24, 2.45) is 5.92 Å². The van der Waals surface area contributed by atoms with E-state index in [2.05, 4.69) is 20.9 Å². The molecule has 8 nitrogen and oxygen atoms in total. The molecular formula is C16H19N5O3. The highest BCUT2D eigenvalue weighted by Crippen LogP contribution is 2.27. The molecule has 1 aliphatic carbocycles. The van der Waals surface area contributed by atoms with Gasteiger partial charge in [0.05, 0.1) is 13.3 Å². The van der Waals surface area contributed by atoms with Gasteiger partial charge in [0, 0.05) is 11.6 Å². The highest BCUT2D eigenvalue weighted by Gasteiger charge is 2.25. The van der Waals surface area contributed by atoms with Crippen molar-refractivity contribution in [2.75, 3.05) is 17.7 Å². The third-order valence-corrected chi connectivity index (χ3v) is 3.95. The summed E-state index contributed by atoms with van der Waals surface area (Å²) >= 11 is 0. The van der Waals surface area contributed by atoms with Gasteiger partial charge in [-0.1, -0.05) is 11.6 Å². The molecule has 126 valence electrons. The second-order valence-electron chi connectivity index (χ2n) is 5.70. The van der Waals surface area contributed by atoms with Gasteiger partial charge in [-0.3, -0.25) is 9.59 Å². The Labute approximate surface area is 139 Å². The first-order chi connectivity index (χ1) is 11.6. The molecule has 1 aromatic carbocycles. The quantitative estimate of drug-likeness (QED) is 0.840. The number of amides is 2. The van der Waals surface area contributed by atoms with Gasteiger partial charge in [-0.2, -0.15) is 0 Å². The molecule has 1 aliphatic rings. The number of ether oxygens (including phenoxy) is 1. The van der Waals surface area contributed by atoms with Crippen molar-refractivity contribution in [1.29, 1.82) is 0 Å². The fourth-order valence-electron chi connectivity index (χ4n) is 2.35. The van der Waals surface area contributed by atoms with Crippen LogP contribution in [0.15, 0.2) is 30.5 Å². The average Bonchev–Trinajstić information content (AvgIpc) is 2.93. The second-order valence-corrected chi connectivity index (χ2v) is 5.70. The van der Waals surface area contributed by atoms with E-state index >= 15 is 0 Å². The number of anilines is 2. The zero-order valence-electron chi connectivity index (χ0n) is 13.4. The van der Waals surface area contributed by atoms with E-state index in [4.69, 9.17) is 4.74 Å². The van der Waals surface area contributed by atoms with Crippen molar-refractivity contribution in [1.82, 2.24) is 15.0 Å². The van der Waals surface area contributed by atoms with Gasteiger partial charge in [0.1, 0.15) is 12.3 Å². The molecule has 2 amide bonds. The number of benzene rings is 1. The number of methoxy groups -OCH3 is 1. The predicted molar refractivity (Wildman–Crippen MR) is 87.6 cm³/mol. The van der Waals surface area contributed by atoms with Crippen LogP contribution in [0.3, 0.4) is 0 Å². The van der Waals surface area contributed by atoms with Crippen molar-refractivity contribution in [3.8, 4) is 5.75 Å². The maximum atomic E-state index is 12.0. The summed E-state index contributed by atoms with van der Waals surface area (Å²) in [5.41, 5.74) is 0.666. The van der Waals surface area contributed by atoms with E-state index in [1.54, 1.807) is 37.6 Å². The van der Waals surface area contributed by atoms with Crippen LogP contribution in [0.5, 0.6) is 5.75 Å². The highest BCUT2D eigenvalue weighted by atomic mass is 16.5. The number of nitrogens with zero attached hydrogens (tertiary/aromatic N) is 3. The van der Waals surface area contributed by atoms with E-state index in [0.717, 1.165) is 25.0 Å². The molecule has 0 atom stereocenters. The summed E-state index contributed by atoms with van der Waals surface area (Å²) < 4.78 is 6.45. The summed E-state index contributed by atoms with van der Waals surface area (Å²) in [4.78, 5) is 23.9. The minimum absolute atomic E-state index is 0.0122. The number of nitrogens with one attached hydrogen (secondary N) is 2. The SMILES string of the molecule is COc1ccc(NC(=O)Cn2cc(NC(=O)C3CCC3)nn2)cc1. The molecule has 1 heterocycles. The van der Waals surface area contributed by atoms with Crippen molar-refractivity contribution < 1.29 is 14.3 Å². The molecular weight excluding hydrogens is 310 g/mol. The normalized spacial score (nSPS) is 13.9. The molecule has 3 rings (SSSR count). The van der Waals surface area contributed by atoms with Crippen LogP contribution in [0.4, 0.5) is 11.5 Å². The lowest BCUT2D eigenvalue weighted by molar-refractivity contribution is -0.122. The maximum absolute atomic E-state index is 12.0. The van der Waals surface area contributed by atoms with Crippen molar-refractivity contribution >= 4 is 23.3 Å². The summed E-state index contributed by atoms with van der Waals surface area (Å²) in [5.74, 6) is 0.895. The van der Waals surface area contributed by atoms with E-state index in [1.165, 1.54) is 4.68 Å². The van der Waals surface area contributed by atoms with Crippen LogP contribution in [-0.4, -0.2) is 33.9 Å². The van der Waals surface area contributed by atoms with Gasteiger partial charge >= 0.3 is 0 Å². The molecule has 0 bridgehead atoms. The summed E-state index contributed by atoms with van der Waals surface area (Å²) in [6.07, 6.45) is 4.48. The molecule has 8 heteroatoms. The van der Waals surface area contributed by atoms with Gasteiger partial charge in [-0.05, 0) is 37.1 Å². The second kappa shape index (κ2) is 7.12. The Morgan fingerprint density at radius 2 is 2.00 bits per heavy atom. The number of carbonyl (C=O) groups excluding carboxylic acids is 2. The zero-order chi connectivity index (χ0) is 16.9. The first kappa shape index (κ1) is 16.0. The molecule has 1 saturated carbocycles. The third kappa shape index (κ3) is 3.89. The fraction of sp³-hybridized carbons (Fsp3) is 0.375. The monoisotopic (exact) mass is 329 g/mol. The molecule has 24 heavy (non-hydrogen) atoms. The molecule has 2 N–H and O–H groups in total. The molecule has 0 aliphatic heterocycles. The van der Waals surface area contributed by atoms with Crippen LogP contribution in [0.25, 0.3) is 0 Å². The summed E-state index contributed by atoms with van der Waals surface area (Å²) in [5, 5.41) is 13.2. The Hall–Kier alpha value is -2.90. The Morgan fingerprint density at radius 3 is 2.62 bits per heavy atom. The third-order valence-electron chi connectivity index (χ3n) is 3.95. The van der Waals surface area contributed by atoms with Crippen LogP contribution in [0.1, 0.15) is 19.3 Å². The standard InChI is InChI=1S/C16H19N5O3/c1-24-13-7-5-12(6-8-13)17-15(22)10-21-9-14(19-20-21)18-16(23)11-3-2-4-11/h5-9,11H,2-4,10H2,1H3,(H,17,22)(H,18,23). The molecule has 0 unspecified atom stereocenters. The molecule has 0 radical (unpaired) electrons. The van der Waals surface area contributed by atoms with Crippen LogP contribution in [0.2, 0.25) is 0 Å². The van der Waals surface area contributed by atoms with Crippen LogP contribution in [-0.2, 0) is 16.1 Å². The number of carbonyl (C=O) groups is 2. The Balaban J connectivity index is 1.51. The zero-order valence-corrected chi connectivity index (χ0v) is 13.4. The Morgan fingerprint density at radius 1 is 1.25 bits per heavy atom. The lowest BCUT2D eigenvalue weighted by atomic mass is 9.85. The Kier molecular flexibility index (Phi) is 4.74. The molecule has 1 fully saturated rings. The van der Waals surface area contributed by atoms with Crippen LogP contribution in [0, 0.1) is 5.92 Å². The predicted octanol–water partition coefficient (Wildman–Crippen LogP) is 1.66. The summed E-state index contributed by atoms with van der Waals surface area (Å²) in [6, 6.07) is 7.03. The van der Waals surface area contributed by atoms with Crippen molar-refractivity contribution in [3.05, 3.63) is 30.5 Å². The van der Waals surface area contributed by atoms with Crippen LogP contribution < -0.4 is 15.4 Å². The van der Waals surface area contributed by atoms with Gasteiger partial charge in [0.2, 0.25) is 11.8 Å². The van der Waals surface area contributed by atoms with E-state index in [9.17, 15) is 9.59 Å². The van der Waals surface area contributed by atoms with E-state index in [1.807, 2.05) is 0 Å². The van der Waals surface area contributed by atoms with Gasteiger partial charge in [-0.15, -0.1) is 5.10 Å². The lowest BCUT2D eigenvalue weighted by Crippen LogP contribution is -2.28. The minimum atomic E-state index is -0.234. The molecule has 1 aromatic heterocycles. The van der Waals surface area contributed by atoms with Crippen molar-refractivity contribution in [3.63, 3.8) is 0 Å². The Bertz CT molecular complexity index is 722. The van der Waals surface area contributed by atoms with E-state index in [0.29, 0.717) is 11.5 Å². The smallest absolute Gasteiger partial charge is 0.246 e. The molecule has 2 aromatic rings. The van der Waals surface area contributed by atoms with Gasteiger partial charge < -0.3 is 15.4 Å². The molecule has 0 spiro atoms.